The number of ether oxygens (including phenoxy) is 1. The van der Waals surface area contributed by atoms with Crippen molar-refractivity contribution in [1.29, 1.82) is 0 Å². The van der Waals surface area contributed by atoms with Gasteiger partial charge in [-0.05, 0) is 43.5 Å². The first-order valence-corrected chi connectivity index (χ1v) is 8.92. The minimum Gasteiger partial charge on any atom is -0.484 e. The highest BCUT2D eigenvalue weighted by atomic mass is 127. The van der Waals surface area contributed by atoms with Crippen LogP contribution < -0.4 is 15.4 Å². The zero-order valence-electron chi connectivity index (χ0n) is 16.6. The van der Waals surface area contributed by atoms with Gasteiger partial charge in [0.05, 0.1) is 0 Å². The van der Waals surface area contributed by atoms with Gasteiger partial charge in [-0.1, -0.05) is 18.2 Å². The van der Waals surface area contributed by atoms with Crippen molar-refractivity contribution in [3.8, 4) is 5.75 Å². The molecule has 0 unspecified atom stereocenters. The van der Waals surface area contributed by atoms with Gasteiger partial charge in [-0.25, -0.2) is 0 Å². The van der Waals surface area contributed by atoms with E-state index in [0.717, 1.165) is 23.2 Å². The average Bonchev–Trinajstić information content (AvgIpc) is 2.64. The summed E-state index contributed by atoms with van der Waals surface area (Å²) in [5.41, 5.74) is 3.53. The third-order valence-corrected chi connectivity index (χ3v) is 3.96. The first-order valence-electron chi connectivity index (χ1n) is 8.92. The maximum atomic E-state index is 12.5. The second-order valence-electron chi connectivity index (χ2n) is 6.43. The number of aryl methyl sites for hydroxylation is 2. The van der Waals surface area contributed by atoms with Crippen molar-refractivity contribution in [2.45, 2.75) is 33.0 Å². The van der Waals surface area contributed by atoms with Crippen molar-refractivity contribution in [3.05, 3.63) is 58.9 Å². The fourth-order valence-corrected chi connectivity index (χ4v) is 2.47. The summed E-state index contributed by atoms with van der Waals surface area (Å²) < 4.78 is 42.4. The van der Waals surface area contributed by atoms with E-state index >= 15 is 0 Å². The first-order chi connectivity index (χ1) is 13.3. The predicted octanol–water partition coefficient (Wildman–Crippen LogP) is 4.17. The molecule has 0 amide bonds. The van der Waals surface area contributed by atoms with Crippen LogP contribution in [0.5, 0.6) is 5.75 Å². The maximum Gasteiger partial charge on any atom is 0.422 e. The molecule has 0 saturated heterocycles. The molecule has 0 fully saturated rings. The van der Waals surface area contributed by atoms with Gasteiger partial charge >= 0.3 is 6.18 Å². The number of pyridine rings is 1. The minimum atomic E-state index is -4.38. The summed E-state index contributed by atoms with van der Waals surface area (Å²) in [6.45, 7) is 3.36. The smallest absolute Gasteiger partial charge is 0.422 e. The summed E-state index contributed by atoms with van der Waals surface area (Å²) in [5, 5.41) is 6.28. The second kappa shape index (κ2) is 11.8. The van der Waals surface area contributed by atoms with Gasteiger partial charge in [0.1, 0.15) is 5.75 Å². The Bertz CT molecular complexity index is 795. The second-order valence-corrected chi connectivity index (χ2v) is 6.43. The van der Waals surface area contributed by atoms with Crippen molar-refractivity contribution in [3.63, 3.8) is 0 Å². The van der Waals surface area contributed by atoms with Gasteiger partial charge in [0, 0.05) is 37.6 Å². The molecule has 5 nitrogen and oxygen atoms in total. The Kier molecular flexibility index (Phi) is 10.2. The van der Waals surface area contributed by atoms with E-state index in [1.54, 1.807) is 26.1 Å². The molecule has 1 heterocycles. The van der Waals surface area contributed by atoms with E-state index in [1.807, 2.05) is 31.3 Å². The van der Waals surface area contributed by atoms with E-state index in [9.17, 15) is 13.2 Å². The van der Waals surface area contributed by atoms with E-state index in [4.69, 9.17) is 4.74 Å². The van der Waals surface area contributed by atoms with Crippen LogP contribution in [0.2, 0.25) is 0 Å². The lowest BCUT2D eigenvalue weighted by Crippen LogP contribution is -2.38. The highest BCUT2D eigenvalue weighted by molar-refractivity contribution is 14.0. The zero-order valence-corrected chi connectivity index (χ0v) is 19.0. The largest absolute Gasteiger partial charge is 0.484 e. The molecule has 29 heavy (non-hydrogen) atoms. The molecular weight excluding hydrogens is 496 g/mol. The van der Waals surface area contributed by atoms with Gasteiger partial charge in [0.15, 0.2) is 12.6 Å². The van der Waals surface area contributed by atoms with Crippen molar-refractivity contribution in [2.24, 2.45) is 4.99 Å². The number of halogens is 4. The van der Waals surface area contributed by atoms with Crippen LogP contribution in [0.15, 0.2) is 41.5 Å². The fourth-order valence-electron chi connectivity index (χ4n) is 2.47. The number of benzene rings is 1. The Morgan fingerprint density at radius 2 is 1.90 bits per heavy atom. The summed E-state index contributed by atoms with van der Waals surface area (Å²) in [5.74, 6) is 0.772. The number of nitrogens with zero attached hydrogens (tertiary/aromatic N) is 2. The third kappa shape index (κ3) is 9.33. The molecule has 0 aliphatic rings. The molecule has 0 saturated carbocycles. The summed E-state index contributed by atoms with van der Waals surface area (Å²) in [7, 11) is 1.64. The van der Waals surface area contributed by atoms with Crippen LogP contribution in [0.1, 0.15) is 22.4 Å². The number of aliphatic imine (C=N–C) groups is 1. The monoisotopic (exact) mass is 522 g/mol. The predicted molar refractivity (Wildman–Crippen MR) is 119 cm³/mol. The van der Waals surface area contributed by atoms with Gasteiger partial charge in [0.25, 0.3) is 0 Å². The molecule has 0 aliphatic carbocycles. The Hall–Kier alpha value is -2.04. The van der Waals surface area contributed by atoms with Gasteiger partial charge in [-0.2, -0.15) is 13.2 Å². The Balaban J connectivity index is 0.00000420. The lowest BCUT2D eigenvalue weighted by Gasteiger charge is -2.16. The SMILES string of the molecule is CN=C(NCCc1ccc(C)nc1)NCc1ccc(C)cc1OCC(F)(F)F.I. The number of hydrogen-bond acceptors (Lipinski definition) is 3. The molecule has 2 rings (SSSR count). The minimum absolute atomic E-state index is 0. The molecule has 1 aromatic heterocycles. The van der Waals surface area contributed by atoms with Gasteiger partial charge in [0.2, 0.25) is 0 Å². The van der Waals surface area contributed by atoms with Crippen molar-refractivity contribution >= 4 is 29.9 Å². The van der Waals surface area contributed by atoms with Crippen molar-refractivity contribution in [2.75, 3.05) is 20.2 Å². The normalized spacial score (nSPS) is 11.6. The van der Waals surface area contributed by atoms with Crippen molar-refractivity contribution in [1.82, 2.24) is 15.6 Å². The molecule has 0 atom stereocenters. The van der Waals surface area contributed by atoms with Crippen LogP contribution in [0.4, 0.5) is 13.2 Å². The summed E-state index contributed by atoms with van der Waals surface area (Å²) in [6.07, 6.45) is -1.76. The molecule has 0 aliphatic heterocycles. The van der Waals surface area contributed by atoms with Crippen molar-refractivity contribution < 1.29 is 17.9 Å². The van der Waals surface area contributed by atoms with Gasteiger partial charge in [-0.15, -0.1) is 24.0 Å². The molecule has 0 radical (unpaired) electrons. The maximum absolute atomic E-state index is 12.5. The number of alkyl halides is 3. The molecule has 9 heteroatoms. The lowest BCUT2D eigenvalue weighted by molar-refractivity contribution is -0.153. The van der Waals surface area contributed by atoms with E-state index in [-0.39, 0.29) is 29.7 Å². The summed E-state index contributed by atoms with van der Waals surface area (Å²) in [6, 6.07) is 9.17. The van der Waals surface area contributed by atoms with E-state index in [1.165, 1.54) is 0 Å². The first kappa shape index (κ1) is 25.0. The van der Waals surface area contributed by atoms with Crippen LogP contribution in [0, 0.1) is 13.8 Å². The fraction of sp³-hybridized carbons (Fsp3) is 0.400. The molecule has 160 valence electrons. The molecule has 2 N–H and O–H groups in total. The standard InChI is InChI=1S/C20H25F3N4O.HI/c1-14-4-7-17(18(10-14)28-13-20(21,22)23)12-27-19(24-3)25-9-8-16-6-5-15(2)26-11-16;/h4-7,10-11H,8-9,12-13H2,1-3H3,(H2,24,25,27);1H. The van der Waals surface area contributed by atoms with Crippen LogP contribution in [-0.4, -0.2) is 37.3 Å². The van der Waals surface area contributed by atoms with Crippen LogP contribution in [0.3, 0.4) is 0 Å². The zero-order chi connectivity index (χ0) is 20.6. The molecule has 1 aromatic carbocycles. The number of nitrogens with one attached hydrogen (secondary N) is 2. The third-order valence-electron chi connectivity index (χ3n) is 3.96. The van der Waals surface area contributed by atoms with Crippen LogP contribution in [-0.2, 0) is 13.0 Å². The summed E-state index contributed by atoms with van der Waals surface area (Å²) in [4.78, 5) is 8.40. The Labute approximate surface area is 186 Å². The van der Waals surface area contributed by atoms with Crippen LogP contribution in [0.25, 0.3) is 0 Å². The Morgan fingerprint density at radius 1 is 1.14 bits per heavy atom. The number of hydrogen-bond donors (Lipinski definition) is 2. The van der Waals surface area contributed by atoms with Gasteiger partial charge < -0.3 is 15.4 Å². The Morgan fingerprint density at radius 3 is 2.52 bits per heavy atom. The molecular formula is C20H26F3IN4O. The van der Waals surface area contributed by atoms with Crippen LogP contribution >= 0.6 is 24.0 Å². The van der Waals surface area contributed by atoms with E-state index < -0.39 is 12.8 Å². The number of guanidine groups is 1. The summed E-state index contributed by atoms with van der Waals surface area (Å²) >= 11 is 0. The topological polar surface area (TPSA) is 58.5 Å². The molecule has 0 spiro atoms. The highest BCUT2D eigenvalue weighted by Gasteiger charge is 2.28. The van der Waals surface area contributed by atoms with E-state index in [2.05, 4.69) is 20.6 Å². The van der Waals surface area contributed by atoms with E-state index in [0.29, 0.717) is 24.6 Å². The quantitative estimate of drug-likeness (QED) is 0.326. The number of aromatic nitrogens is 1. The lowest BCUT2D eigenvalue weighted by atomic mass is 10.1. The molecule has 2 aromatic rings. The number of rotatable bonds is 7. The average molecular weight is 522 g/mol. The highest BCUT2D eigenvalue weighted by Crippen LogP contribution is 2.23. The molecule has 0 bridgehead atoms. The van der Waals surface area contributed by atoms with Gasteiger partial charge in [-0.3, -0.25) is 9.98 Å².